The number of hydrogen-bond acceptors (Lipinski definition) is 7. The maximum Gasteiger partial charge on any atom is 0.326 e. The third kappa shape index (κ3) is 4.57. The fourth-order valence-electron chi connectivity index (χ4n) is 2.86. The van der Waals surface area contributed by atoms with Crippen molar-refractivity contribution in [3.8, 4) is 23.0 Å². The van der Waals surface area contributed by atoms with Gasteiger partial charge < -0.3 is 15.2 Å². The van der Waals surface area contributed by atoms with E-state index in [1.54, 1.807) is 13.8 Å². The molecule has 4 aromatic rings. The van der Waals surface area contributed by atoms with Gasteiger partial charge in [0.05, 0.1) is 21.0 Å². The van der Waals surface area contributed by atoms with Crippen molar-refractivity contribution in [1.82, 2.24) is 25.1 Å². The second-order valence-corrected chi connectivity index (χ2v) is 8.29. The van der Waals surface area contributed by atoms with Crippen LogP contribution in [0.3, 0.4) is 0 Å². The molecule has 0 unspecified atom stereocenters. The van der Waals surface area contributed by atoms with Gasteiger partial charge in [0.2, 0.25) is 0 Å². The van der Waals surface area contributed by atoms with Crippen LogP contribution in [0, 0.1) is 11.6 Å². The van der Waals surface area contributed by atoms with Crippen molar-refractivity contribution in [2.24, 2.45) is 0 Å². The molecule has 3 aromatic heterocycles. The molecule has 0 atom stereocenters. The van der Waals surface area contributed by atoms with Gasteiger partial charge in [-0.15, -0.1) is 0 Å². The first-order chi connectivity index (χ1) is 15.1. The molecule has 0 amide bonds. The Morgan fingerprint density at radius 2 is 1.88 bits per heavy atom. The van der Waals surface area contributed by atoms with Crippen LogP contribution in [0.4, 0.5) is 14.6 Å². The topological polar surface area (TPSA) is 109 Å². The molecule has 0 radical (unpaired) electrons. The van der Waals surface area contributed by atoms with Gasteiger partial charge in [-0.05, 0) is 26.0 Å². The highest BCUT2D eigenvalue weighted by molar-refractivity contribution is 6.39. The fraction of sp³-hybridized carbons (Fsp3) is 0.200. The maximum absolute atomic E-state index is 14.0. The average molecular weight is 481 g/mol. The van der Waals surface area contributed by atoms with Crippen molar-refractivity contribution in [3.05, 3.63) is 52.3 Å². The van der Waals surface area contributed by atoms with Gasteiger partial charge in [0, 0.05) is 30.6 Å². The number of benzene rings is 1. The molecule has 3 heterocycles. The van der Waals surface area contributed by atoms with Crippen LogP contribution in [-0.4, -0.2) is 42.4 Å². The number of pyridine rings is 1. The summed E-state index contributed by atoms with van der Waals surface area (Å²) in [4.78, 5) is 12.5. The van der Waals surface area contributed by atoms with Gasteiger partial charge in [-0.25, -0.2) is 8.78 Å². The first-order valence-electron chi connectivity index (χ1n) is 9.27. The lowest BCUT2D eigenvalue weighted by Crippen LogP contribution is -2.29. The Balaban J connectivity index is 1.85. The highest BCUT2D eigenvalue weighted by Gasteiger charge is 2.23. The molecule has 3 N–H and O–H groups in total. The lowest BCUT2D eigenvalue weighted by molar-refractivity contribution is 0.0944. The van der Waals surface area contributed by atoms with E-state index in [0.29, 0.717) is 22.7 Å². The number of aromatic nitrogens is 5. The number of fused-ring (bicyclic) bond motifs is 1. The predicted octanol–water partition coefficient (Wildman–Crippen LogP) is 4.98. The molecular weight excluding hydrogens is 465 g/mol. The zero-order valence-electron chi connectivity index (χ0n) is 16.8. The van der Waals surface area contributed by atoms with E-state index in [2.05, 4.69) is 30.5 Å². The zero-order valence-corrected chi connectivity index (χ0v) is 18.3. The highest BCUT2D eigenvalue weighted by Crippen LogP contribution is 2.39. The van der Waals surface area contributed by atoms with Crippen LogP contribution in [-0.2, 0) is 0 Å². The Kier molecular flexibility index (Phi) is 5.85. The number of hydrogen-bond donors (Lipinski definition) is 3. The highest BCUT2D eigenvalue weighted by atomic mass is 35.5. The van der Waals surface area contributed by atoms with E-state index >= 15 is 0 Å². The number of anilines is 1. The maximum atomic E-state index is 14.0. The lowest BCUT2D eigenvalue weighted by atomic mass is 10.1. The fourth-order valence-corrected chi connectivity index (χ4v) is 3.40. The van der Waals surface area contributed by atoms with Crippen LogP contribution < -0.4 is 10.1 Å². The summed E-state index contributed by atoms with van der Waals surface area (Å²) in [5.41, 5.74) is -0.107. The Labute approximate surface area is 190 Å². The number of aromatic amines is 1. The Bertz CT molecular complexity index is 1290. The number of nitrogens with one attached hydrogen (secondary N) is 2. The van der Waals surface area contributed by atoms with Crippen molar-refractivity contribution in [1.29, 1.82) is 0 Å². The molecule has 0 bridgehead atoms. The van der Waals surface area contributed by atoms with Gasteiger partial charge in [-0.1, -0.05) is 23.2 Å². The number of halogens is 4. The van der Waals surface area contributed by atoms with E-state index < -0.39 is 17.2 Å². The van der Waals surface area contributed by atoms with E-state index in [1.807, 2.05) is 0 Å². The third-order valence-corrected chi connectivity index (χ3v) is 4.85. The smallest absolute Gasteiger partial charge is 0.326 e. The molecule has 8 nitrogen and oxygen atoms in total. The van der Waals surface area contributed by atoms with Crippen LogP contribution in [0.25, 0.3) is 22.3 Å². The van der Waals surface area contributed by atoms with Crippen LogP contribution in [0.15, 0.2) is 30.6 Å². The average Bonchev–Trinajstić information content (AvgIpc) is 3.11. The van der Waals surface area contributed by atoms with Crippen molar-refractivity contribution in [3.63, 3.8) is 0 Å². The summed E-state index contributed by atoms with van der Waals surface area (Å²) >= 11 is 12.6. The zero-order chi connectivity index (χ0) is 23.0. The SMILES string of the molecule is CC(C)(O)CNc1nc(Oc2ccc(F)cc2F)nc2[nH]nc(-c3c(Cl)cncc3Cl)c12. The molecule has 0 aliphatic carbocycles. The van der Waals surface area contributed by atoms with Crippen molar-refractivity contribution in [2.75, 3.05) is 11.9 Å². The van der Waals surface area contributed by atoms with E-state index in [1.165, 1.54) is 12.4 Å². The van der Waals surface area contributed by atoms with Gasteiger partial charge in [-0.2, -0.15) is 15.1 Å². The number of nitrogens with zero attached hydrogens (tertiary/aromatic N) is 4. The standard InChI is InChI=1S/C20H16Cl2F2N6O2/c1-20(2,31)8-26-17-15-16(14-10(21)6-25-7-11(14)22)29-30-18(15)28-19(27-17)32-13-4-3-9(23)5-12(13)24/h3-7,31H,8H2,1-2H3,(H2,26,27,28,29,30). The van der Waals surface area contributed by atoms with Crippen LogP contribution in [0.5, 0.6) is 11.8 Å². The van der Waals surface area contributed by atoms with E-state index in [4.69, 9.17) is 27.9 Å². The summed E-state index contributed by atoms with van der Waals surface area (Å²) < 4.78 is 32.7. The number of rotatable bonds is 6. The van der Waals surface area contributed by atoms with E-state index in [-0.39, 0.29) is 39.8 Å². The predicted molar refractivity (Wildman–Crippen MR) is 116 cm³/mol. The minimum Gasteiger partial charge on any atom is -0.421 e. The van der Waals surface area contributed by atoms with Gasteiger partial charge >= 0.3 is 6.01 Å². The molecule has 0 aliphatic heterocycles. The van der Waals surface area contributed by atoms with Crippen LogP contribution in [0.1, 0.15) is 13.8 Å². The Morgan fingerprint density at radius 3 is 2.53 bits per heavy atom. The second-order valence-electron chi connectivity index (χ2n) is 7.47. The summed E-state index contributed by atoms with van der Waals surface area (Å²) in [6, 6.07) is 2.62. The first kappa shape index (κ1) is 22.1. The summed E-state index contributed by atoms with van der Waals surface area (Å²) in [6.45, 7) is 3.32. The quantitative estimate of drug-likeness (QED) is 0.357. The number of aliphatic hydroxyl groups is 1. The summed E-state index contributed by atoms with van der Waals surface area (Å²) in [5.74, 6) is -1.70. The summed E-state index contributed by atoms with van der Waals surface area (Å²) in [6.07, 6.45) is 2.84. The summed E-state index contributed by atoms with van der Waals surface area (Å²) in [7, 11) is 0. The molecule has 0 saturated carbocycles. The van der Waals surface area contributed by atoms with Crippen molar-refractivity contribution in [2.45, 2.75) is 19.4 Å². The molecule has 0 spiro atoms. The largest absolute Gasteiger partial charge is 0.421 e. The molecule has 32 heavy (non-hydrogen) atoms. The van der Waals surface area contributed by atoms with Crippen LogP contribution in [0.2, 0.25) is 10.0 Å². The van der Waals surface area contributed by atoms with Gasteiger partial charge in [0.15, 0.2) is 17.2 Å². The number of H-pyrrole nitrogens is 1. The van der Waals surface area contributed by atoms with Gasteiger partial charge in [-0.3, -0.25) is 10.1 Å². The Morgan fingerprint density at radius 1 is 1.16 bits per heavy atom. The monoisotopic (exact) mass is 480 g/mol. The molecule has 0 aliphatic rings. The molecule has 0 fully saturated rings. The minimum absolute atomic E-state index is 0.103. The molecular formula is C20H16Cl2F2N6O2. The molecule has 4 rings (SSSR count). The van der Waals surface area contributed by atoms with Crippen molar-refractivity contribution < 1.29 is 18.6 Å². The van der Waals surface area contributed by atoms with Gasteiger partial charge in [0.25, 0.3) is 0 Å². The van der Waals surface area contributed by atoms with Crippen LogP contribution >= 0.6 is 23.2 Å². The third-order valence-electron chi connectivity index (χ3n) is 4.27. The van der Waals surface area contributed by atoms with Gasteiger partial charge in [0.1, 0.15) is 17.3 Å². The van der Waals surface area contributed by atoms with E-state index in [9.17, 15) is 13.9 Å². The second kappa shape index (κ2) is 8.45. The normalized spacial score (nSPS) is 11.7. The lowest BCUT2D eigenvalue weighted by Gasteiger charge is -2.19. The number of ether oxygens (including phenoxy) is 1. The minimum atomic E-state index is -1.09. The van der Waals surface area contributed by atoms with Crippen molar-refractivity contribution >= 4 is 40.1 Å². The molecule has 0 saturated heterocycles. The van der Waals surface area contributed by atoms with E-state index in [0.717, 1.165) is 12.1 Å². The molecule has 12 heteroatoms. The molecule has 1 aromatic carbocycles. The molecule has 166 valence electrons. The summed E-state index contributed by atoms with van der Waals surface area (Å²) in [5, 5.41) is 21.1. The first-order valence-corrected chi connectivity index (χ1v) is 10.0. The Hall–Kier alpha value is -3.08.